The molecule has 2 aliphatic heterocycles. The van der Waals surface area contributed by atoms with E-state index in [2.05, 4.69) is 5.32 Å². The normalized spacial score (nSPS) is 31.5. The van der Waals surface area contributed by atoms with Crippen molar-refractivity contribution in [3.05, 3.63) is 0 Å². The third-order valence-corrected chi connectivity index (χ3v) is 7.35. The smallest absolute Gasteiger partial charge is 0.239 e. The Morgan fingerprint density at radius 3 is 2.19 bits per heavy atom. The van der Waals surface area contributed by atoms with E-state index in [4.69, 9.17) is 0 Å². The van der Waals surface area contributed by atoms with Gasteiger partial charge in [0.2, 0.25) is 11.8 Å². The van der Waals surface area contributed by atoms with Crippen molar-refractivity contribution in [2.75, 3.05) is 26.2 Å². The van der Waals surface area contributed by atoms with Gasteiger partial charge in [0.15, 0.2) is 0 Å². The lowest BCUT2D eigenvalue weighted by atomic mass is 9.85. The lowest BCUT2D eigenvalue weighted by molar-refractivity contribution is -0.140. The van der Waals surface area contributed by atoms with Gasteiger partial charge in [-0.05, 0) is 37.5 Å². The number of carbonyl (C=O) groups excluding carboxylic acids is 2. The standard InChI is InChI=1S/C21H35N3O2.ClH/c25-20(10-9-16-5-1-2-6-16)23-11-13-24(14-12-23)21(26)19-15-17-7-3-4-8-18(17)22-19;/h16-19,22H,1-15H2;1H. The quantitative estimate of drug-likeness (QED) is 0.793. The lowest BCUT2D eigenvalue weighted by Gasteiger charge is -2.36. The fourth-order valence-corrected chi connectivity index (χ4v) is 5.69. The number of halogens is 1. The maximum absolute atomic E-state index is 12.9. The summed E-state index contributed by atoms with van der Waals surface area (Å²) >= 11 is 0. The highest BCUT2D eigenvalue weighted by atomic mass is 35.5. The van der Waals surface area contributed by atoms with Gasteiger partial charge in [-0.3, -0.25) is 9.59 Å². The van der Waals surface area contributed by atoms with Gasteiger partial charge in [-0.1, -0.05) is 38.5 Å². The SMILES string of the molecule is Cl.O=C(CCC1CCCC1)N1CCN(C(=O)C2CC3CCCCC3N2)CC1. The first kappa shape index (κ1) is 20.9. The zero-order valence-electron chi connectivity index (χ0n) is 16.5. The van der Waals surface area contributed by atoms with Crippen LogP contribution < -0.4 is 5.32 Å². The average Bonchev–Trinajstić information content (AvgIpc) is 3.35. The monoisotopic (exact) mass is 397 g/mol. The highest BCUT2D eigenvalue weighted by molar-refractivity contribution is 5.85. The van der Waals surface area contributed by atoms with E-state index >= 15 is 0 Å². The van der Waals surface area contributed by atoms with Crippen LogP contribution in [0.2, 0.25) is 0 Å². The third-order valence-electron chi connectivity index (χ3n) is 7.35. The fraction of sp³-hybridized carbons (Fsp3) is 0.905. The maximum Gasteiger partial charge on any atom is 0.239 e. The second kappa shape index (κ2) is 9.60. The molecule has 0 aromatic carbocycles. The van der Waals surface area contributed by atoms with Crippen molar-refractivity contribution < 1.29 is 9.59 Å². The molecule has 0 spiro atoms. The van der Waals surface area contributed by atoms with E-state index in [1.54, 1.807) is 0 Å². The molecule has 0 aromatic rings. The van der Waals surface area contributed by atoms with Crippen molar-refractivity contribution in [1.29, 1.82) is 0 Å². The topological polar surface area (TPSA) is 52.7 Å². The molecular formula is C21H36ClN3O2. The molecule has 4 fully saturated rings. The molecule has 2 amide bonds. The summed E-state index contributed by atoms with van der Waals surface area (Å²) in [6, 6.07) is 0.587. The number of nitrogens with zero attached hydrogens (tertiary/aromatic N) is 2. The van der Waals surface area contributed by atoms with Gasteiger partial charge in [0.25, 0.3) is 0 Å². The largest absolute Gasteiger partial charge is 0.339 e. The molecule has 0 aromatic heterocycles. The number of hydrogen-bond acceptors (Lipinski definition) is 3. The summed E-state index contributed by atoms with van der Waals surface area (Å²) in [5, 5.41) is 3.60. The highest BCUT2D eigenvalue weighted by Crippen LogP contribution is 2.34. The van der Waals surface area contributed by atoms with Crippen molar-refractivity contribution >= 4 is 24.2 Å². The van der Waals surface area contributed by atoms with E-state index < -0.39 is 0 Å². The van der Waals surface area contributed by atoms with Crippen molar-refractivity contribution in [3.63, 3.8) is 0 Å². The zero-order chi connectivity index (χ0) is 17.9. The van der Waals surface area contributed by atoms with Gasteiger partial charge in [0, 0.05) is 38.6 Å². The van der Waals surface area contributed by atoms with Crippen LogP contribution in [0, 0.1) is 11.8 Å². The Morgan fingerprint density at radius 2 is 1.48 bits per heavy atom. The van der Waals surface area contributed by atoms with Gasteiger partial charge in [-0.25, -0.2) is 0 Å². The summed E-state index contributed by atoms with van der Waals surface area (Å²) in [4.78, 5) is 29.3. The van der Waals surface area contributed by atoms with E-state index in [0.29, 0.717) is 37.4 Å². The minimum Gasteiger partial charge on any atom is -0.339 e. The molecular weight excluding hydrogens is 362 g/mol. The molecule has 154 valence electrons. The van der Waals surface area contributed by atoms with Gasteiger partial charge in [0.1, 0.15) is 0 Å². The summed E-state index contributed by atoms with van der Waals surface area (Å²) in [6.45, 7) is 2.85. The van der Waals surface area contributed by atoms with Crippen molar-refractivity contribution in [1.82, 2.24) is 15.1 Å². The molecule has 27 heavy (non-hydrogen) atoms. The molecule has 2 heterocycles. The number of rotatable bonds is 4. The van der Waals surface area contributed by atoms with E-state index in [9.17, 15) is 9.59 Å². The van der Waals surface area contributed by atoms with Gasteiger partial charge < -0.3 is 15.1 Å². The number of hydrogen-bond donors (Lipinski definition) is 1. The second-order valence-electron chi connectivity index (χ2n) is 9.00. The summed E-state index contributed by atoms with van der Waals surface area (Å²) < 4.78 is 0. The summed E-state index contributed by atoms with van der Waals surface area (Å²) in [5.74, 6) is 2.06. The number of amides is 2. The zero-order valence-corrected chi connectivity index (χ0v) is 17.4. The molecule has 2 aliphatic carbocycles. The number of piperazine rings is 1. The Kier molecular flexibility index (Phi) is 7.43. The van der Waals surface area contributed by atoms with Crippen LogP contribution >= 0.6 is 12.4 Å². The van der Waals surface area contributed by atoms with Crippen LogP contribution in [0.4, 0.5) is 0 Å². The number of fused-ring (bicyclic) bond motifs is 1. The Hall–Kier alpha value is -0.810. The molecule has 1 N–H and O–H groups in total. The van der Waals surface area contributed by atoms with E-state index in [0.717, 1.165) is 31.8 Å². The molecule has 5 nitrogen and oxygen atoms in total. The first-order chi connectivity index (χ1) is 12.7. The molecule has 3 atom stereocenters. The molecule has 2 saturated heterocycles. The fourth-order valence-electron chi connectivity index (χ4n) is 5.69. The summed E-state index contributed by atoms with van der Waals surface area (Å²) in [7, 11) is 0. The predicted molar refractivity (Wildman–Crippen MR) is 109 cm³/mol. The summed E-state index contributed by atoms with van der Waals surface area (Å²) in [6.07, 6.45) is 13.2. The molecule has 4 aliphatic rings. The van der Waals surface area contributed by atoms with Crippen LogP contribution in [-0.4, -0.2) is 59.9 Å². The Morgan fingerprint density at radius 1 is 0.852 bits per heavy atom. The molecule has 0 bridgehead atoms. The Labute approximate surface area is 170 Å². The van der Waals surface area contributed by atoms with Gasteiger partial charge >= 0.3 is 0 Å². The van der Waals surface area contributed by atoms with Gasteiger partial charge in [-0.15, -0.1) is 12.4 Å². The highest BCUT2D eigenvalue weighted by Gasteiger charge is 2.40. The minimum atomic E-state index is 0. The maximum atomic E-state index is 12.9. The van der Waals surface area contributed by atoms with E-state index in [1.165, 1.54) is 51.4 Å². The van der Waals surface area contributed by atoms with Crippen LogP contribution in [0.5, 0.6) is 0 Å². The average molecular weight is 398 g/mol. The Balaban J connectivity index is 0.00000210. The third kappa shape index (κ3) is 4.97. The van der Waals surface area contributed by atoms with Crippen molar-refractivity contribution in [3.8, 4) is 0 Å². The van der Waals surface area contributed by atoms with Gasteiger partial charge in [-0.2, -0.15) is 0 Å². The molecule has 2 saturated carbocycles. The second-order valence-corrected chi connectivity index (χ2v) is 9.00. The first-order valence-corrected chi connectivity index (χ1v) is 11.0. The van der Waals surface area contributed by atoms with Crippen LogP contribution in [0.1, 0.15) is 70.6 Å². The summed E-state index contributed by atoms with van der Waals surface area (Å²) in [5.41, 5.74) is 0. The van der Waals surface area contributed by atoms with E-state index in [1.807, 2.05) is 9.80 Å². The lowest BCUT2D eigenvalue weighted by Crippen LogP contribution is -2.54. The molecule has 3 unspecified atom stereocenters. The van der Waals surface area contributed by atoms with Crippen LogP contribution in [0.25, 0.3) is 0 Å². The molecule has 6 heteroatoms. The molecule has 0 radical (unpaired) electrons. The van der Waals surface area contributed by atoms with E-state index in [-0.39, 0.29) is 24.4 Å². The van der Waals surface area contributed by atoms with Crippen LogP contribution in [0.15, 0.2) is 0 Å². The Bertz CT molecular complexity index is 502. The van der Waals surface area contributed by atoms with Crippen LogP contribution in [-0.2, 0) is 9.59 Å². The predicted octanol–water partition coefficient (Wildman–Crippen LogP) is 2.97. The van der Waals surface area contributed by atoms with Crippen molar-refractivity contribution in [2.24, 2.45) is 11.8 Å². The molecule has 4 rings (SSSR count). The number of nitrogens with one attached hydrogen (secondary N) is 1. The first-order valence-electron chi connectivity index (χ1n) is 11.0. The van der Waals surface area contributed by atoms with Crippen LogP contribution in [0.3, 0.4) is 0 Å². The van der Waals surface area contributed by atoms with Gasteiger partial charge in [0.05, 0.1) is 6.04 Å². The van der Waals surface area contributed by atoms with Crippen molar-refractivity contribution in [2.45, 2.75) is 82.7 Å². The minimum absolute atomic E-state index is 0. The number of carbonyl (C=O) groups is 2.